The standard InChI is InChI=1S/C12H20N4O2/c1-18-12-10(13)11(14-8-15-12)16(6-7-17)9-4-2-3-5-9/h8-9,17H,2-7,13H2,1H3. The molecule has 0 atom stereocenters. The highest BCUT2D eigenvalue weighted by atomic mass is 16.5. The average Bonchev–Trinajstić information content (AvgIpc) is 2.90. The third kappa shape index (κ3) is 2.48. The van der Waals surface area contributed by atoms with Crippen molar-refractivity contribution in [3.05, 3.63) is 6.33 Å². The number of aromatic nitrogens is 2. The lowest BCUT2D eigenvalue weighted by atomic mass is 10.2. The molecule has 1 aliphatic rings. The molecule has 0 unspecified atom stereocenters. The fraction of sp³-hybridized carbons (Fsp3) is 0.667. The van der Waals surface area contributed by atoms with Crippen LogP contribution in [0, 0.1) is 0 Å². The molecule has 6 nitrogen and oxygen atoms in total. The maximum atomic E-state index is 9.22. The third-order valence-corrected chi connectivity index (χ3v) is 3.40. The Balaban J connectivity index is 2.29. The summed E-state index contributed by atoms with van der Waals surface area (Å²) in [5.41, 5.74) is 6.46. The van der Waals surface area contributed by atoms with Crippen LogP contribution in [0.25, 0.3) is 0 Å². The Morgan fingerprint density at radius 2 is 2.17 bits per heavy atom. The van der Waals surface area contributed by atoms with Gasteiger partial charge in [0, 0.05) is 12.6 Å². The Kier molecular flexibility index (Phi) is 4.19. The number of methoxy groups -OCH3 is 1. The molecule has 0 spiro atoms. The van der Waals surface area contributed by atoms with Gasteiger partial charge in [-0.1, -0.05) is 12.8 Å². The van der Waals surface area contributed by atoms with E-state index in [2.05, 4.69) is 14.9 Å². The van der Waals surface area contributed by atoms with Crippen LogP contribution < -0.4 is 15.4 Å². The van der Waals surface area contributed by atoms with Crippen molar-refractivity contribution in [2.75, 3.05) is 30.9 Å². The molecule has 2 rings (SSSR count). The van der Waals surface area contributed by atoms with E-state index in [1.165, 1.54) is 26.3 Å². The van der Waals surface area contributed by atoms with Crippen LogP contribution in [0.2, 0.25) is 0 Å². The Hall–Kier alpha value is -1.56. The summed E-state index contributed by atoms with van der Waals surface area (Å²) in [6.07, 6.45) is 6.12. The van der Waals surface area contributed by atoms with Gasteiger partial charge in [0.05, 0.1) is 13.7 Å². The Morgan fingerprint density at radius 1 is 1.44 bits per heavy atom. The molecule has 1 aromatic rings. The summed E-state index contributed by atoms with van der Waals surface area (Å²) in [5.74, 6) is 1.06. The molecule has 1 aliphatic carbocycles. The number of hydrogen-bond acceptors (Lipinski definition) is 6. The first-order chi connectivity index (χ1) is 8.77. The normalized spacial score (nSPS) is 15.9. The first-order valence-corrected chi connectivity index (χ1v) is 6.30. The van der Waals surface area contributed by atoms with E-state index in [9.17, 15) is 5.11 Å². The number of hydrogen-bond donors (Lipinski definition) is 2. The molecule has 1 aromatic heterocycles. The molecule has 6 heteroatoms. The zero-order valence-electron chi connectivity index (χ0n) is 10.7. The van der Waals surface area contributed by atoms with Crippen molar-refractivity contribution >= 4 is 11.5 Å². The first-order valence-electron chi connectivity index (χ1n) is 6.30. The Labute approximate surface area is 107 Å². The van der Waals surface area contributed by atoms with Crippen LogP contribution in [-0.2, 0) is 0 Å². The smallest absolute Gasteiger partial charge is 0.242 e. The summed E-state index contributed by atoms with van der Waals surface area (Å²) in [5, 5.41) is 9.22. The molecular weight excluding hydrogens is 232 g/mol. The van der Waals surface area contributed by atoms with E-state index in [-0.39, 0.29) is 6.61 Å². The Morgan fingerprint density at radius 3 is 2.78 bits per heavy atom. The number of nitrogen functional groups attached to an aromatic ring is 1. The second-order valence-corrected chi connectivity index (χ2v) is 4.48. The predicted octanol–water partition coefficient (Wildman–Crippen LogP) is 0.809. The molecule has 1 fully saturated rings. The maximum absolute atomic E-state index is 9.22. The van der Waals surface area contributed by atoms with Crippen molar-refractivity contribution in [3.63, 3.8) is 0 Å². The number of rotatable bonds is 5. The van der Waals surface area contributed by atoms with E-state index in [1.54, 1.807) is 0 Å². The molecule has 0 aromatic carbocycles. The van der Waals surface area contributed by atoms with Crippen LogP contribution >= 0.6 is 0 Å². The van der Waals surface area contributed by atoms with Gasteiger partial charge in [-0.3, -0.25) is 0 Å². The quantitative estimate of drug-likeness (QED) is 0.806. The summed E-state index contributed by atoms with van der Waals surface area (Å²) in [6.45, 7) is 0.622. The van der Waals surface area contributed by atoms with Crippen molar-refractivity contribution in [1.82, 2.24) is 9.97 Å². The fourth-order valence-electron chi connectivity index (χ4n) is 2.55. The van der Waals surface area contributed by atoms with Crippen molar-refractivity contribution in [3.8, 4) is 5.88 Å². The van der Waals surface area contributed by atoms with Crippen LogP contribution in [-0.4, -0.2) is 41.4 Å². The summed E-state index contributed by atoms with van der Waals surface area (Å²) < 4.78 is 5.11. The van der Waals surface area contributed by atoms with Crippen molar-refractivity contribution in [2.45, 2.75) is 31.7 Å². The van der Waals surface area contributed by atoms with E-state index < -0.39 is 0 Å². The molecule has 18 heavy (non-hydrogen) atoms. The molecule has 0 aliphatic heterocycles. The van der Waals surface area contributed by atoms with Gasteiger partial charge in [-0.15, -0.1) is 0 Å². The molecule has 0 radical (unpaired) electrons. The van der Waals surface area contributed by atoms with E-state index in [0.717, 1.165) is 12.8 Å². The molecule has 100 valence electrons. The van der Waals surface area contributed by atoms with Crippen LogP contribution in [0.1, 0.15) is 25.7 Å². The van der Waals surface area contributed by atoms with Crippen LogP contribution in [0.4, 0.5) is 11.5 Å². The van der Waals surface area contributed by atoms with Gasteiger partial charge < -0.3 is 20.5 Å². The number of anilines is 2. The zero-order chi connectivity index (χ0) is 13.0. The molecule has 0 amide bonds. The van der Waals surface area contributed by atoms with E-state index in [0.29, 0.717) is 30.0 Å². The molecule has 1 heterocycles. The summed E-state index contributed by atoms with van der Waals surface area (Å²) in [7, 11) is 1.54. The first kappa shape index (κ1) is 12.9. The van der Waals surface area contributed by atoms with Gasteiger partial charge in [0.15, 0.2) is 5.82 Å². The molecule has 0 bridgehead atoms. The highest BCUT2D eigenvalue weighted by molar-refractivity contribution is 5.68. The summed E-state index contributed by atoms with van der Waals surface area (Å²) in [6, 6.07) is 0.402. The third-order valence-electron chi connectivity index (χ3n) is 3.40. The minimum atomic E-state index is 0.0856. The second kappa shape index (κ2) is 5.86. The van der Waals surface area contributed by atoms with E-state index in [4.69, 9.17) is 10.5 Å². The largest absolute Gasteiger partial charge is 0.479 e. The van der Waals surface area contributed by atoms with Crippen molar-refractivity contribution < 1.29 is 9.84 Å². The van der Waals surface area contributed by atoms with Gasteiger partial charge in [0.1, 0.15) is 12.0 Å². The summed E-state index contributed by atoms with van der Waals surface area (Å²) >= 11 is 0. The fourth-order valence-corrected chi connectivity index (χ4v) is 2.55. The predicted molar refractivity (Wildman–Crippen MR) is 69.7 cm³/mol. The minimum absolute atomic E-state index is 0.0856. The van der Waals surface area contributed by atoms with Gasteiger partial charge in [-0.05, 0) is 12.8 Å². The minimum Gasteiger partial charge on any atom is -0.479 e. The van der Waals surface area contributed by atoms with Crippen LogP contribution in [0.3, 0.4) is 0 Å². The van der Waals surface area contributed by atoms with E-state index in [1.807, 2.05) is 0 Å². The second-order valence-electron chi connectivity index (χ2n) is 4.48. The summed E-state index contributed by atoms with van der Waals surface area (Å²) in [4.78, 5) is 10.3. The molecule has 0 saturated heterocycles. The van der Waals surface area contributed by atoms with Gasteiger partial charge >= 0.3 is 0 Å². The number of aliphatic hydroxyl groups excluding tert-OH is 1. The van der Waals surface area contributed by atoms with Gasteiger partial charge in [0.25, 0.3) is 0 Å². The lowest BCUT2D eigenvalue weighted by Gasteiger charge is -2.30. The zero-order valence-corrected chi connectivity index (χ0v) is 10.7. The van der Waals surface area contributed by atoms with Gasteiger partial charge in [-0.25, -0.2) is 4.98 Å². The highest BCUT2D eigenvalue weighted by Crippen LogP contribution is 2.33. The Bertz CT molecular complexity index is 394. The SMILES string of the molecule is COc1ncnc(N(CCO)C2CCCC2)c1N. The van der Waals surface area contributed by atoms with Crippen LogP contribution in [0.15, 0.2) is 6.33 Å². The number of nitrogens with two attached hydrogens (primary N) is 1. The maximum Gasteiger partial charge on any atom is 0.242 e. The molecule has 1 saturated carbocycles. The van der Waals surface area contributed by atoms with E-state index >= 15 is 0 Å². The van der Waals surface area contributed by atoms with Gasteiger partial charge in [0.2, 0.25) is 5.88 Å². The average molecular weight is 252 g/mol. The number of ether oxygens (including phenoxy) is 1. The number of aliphatic hydroxyl groups is 1. The van der Waals surface area contributed by atoms with Crippen LogP contribution in [0.5, 0.6) is 5.88 Å². The molecule has 3 N–H and O–H groups in total. The van der Waals surface area contributed by atoms with Crippen molar-refractivity contribution in [2.24, 2.45) is 0 Å². The lowest BCUT2D eigenvalue weighted by molar-refractivity contribution is 0.296. The molecular formula is C12H20N4O2. The monoisotopic (exact) mass is 252 g/mol. The van der Waals surface area contributed by atoms with Crippen molar-refractivity contribution in [1.29, 1.82) is 0 Å². The highest BCUT2D eigenvalue weighted by Gasteiger charge is 2.25. The topological polar surface area (TPSA) is 84.5 Å². The van der Waals surface area contributed by atoms with Gasteiger partial charge in [-0.2, -0.15) is 4.98 Å². The lowest BCUT2D eigenvalue weighted by Crippen LogP contribution is -2.37. The number of nitrogens with zero attached hydrogens (tertiary/aromatic N) is 3.